The first-order valence-corrected chi connectivity index (χ1v) is 12.5. The van der Waals surface area contributed by atoms with Crippen LogP contribution in [-0.2, 0) is 0 Å². The topological polar surface area (TPSA) is 0 Å². The van der Waals surface area contributed by atoms with Gasteiger partial charge in [-0.15, -0.1) is 0 Å². The van der Waals surface area contributed by atoms with E-state index < -0.39 is 0 Å². The van der Waals surface area contributed by atoms with E-state index in [9.17, 15) is 0 Å². The van der Waals surface area contributed by atoms with Crippen molar-refractivity contribution in [2.45, 2.75) is 84.0 Å². The Morgan fingerprint density at radius 2 is 0.893 bits per heavy atom. The van der Waals surface area contributed by atoms with Gasteiger partial charge in [-0.2, -0.15) is 0 Å². The van der Waals surface area contributed by atoms with Crippen LogP contribution in [0.1, 0.15) is 88.2 Å². The van der Waals surface area contributed by atoms with E-state index in [4.69, 9.17) is 0 Å². The summed E-state index contributed by atoms with van der Waals surface area (Å²) in [5, 5.41) is 0. The van der Waals surface area contributed by atoms with E-state index in [-0.39, 0.29) is 0 Å². The fourth-order valence-corrected chi connectivity index (χ4v) is 10.7. The second-order valence-corrected chi connectivity index (χ2v) is 12.6. The van der Waals surface area contributed by atoms with Gasteiger partial charge in [0, 0.05) is 28.9 Å². The first kappa shape index (κ1) is 16.8. The Bertz CT molecular complexity index is 653. The van der Waals surface area contributed by atoms with Crippen LogP contribution in [0.2, 0.25) is 0 Å². The molecule has 8 bridgehead atoms. The zero-order valence-electron chi connectivity index (χ0n) is 17.8. The molecular weight excluding hydrogens is 336 g/mol. The molecule has 0 aromatic heterocycles. The summed E-state index contributed by atoms with van der Waals surface area (Å²) in [6.45, 7) is 2.26. The van der Waals surface area contributed by atoms with Crippen molar-refractivity contribution in [2.24, 2.45) is 46.3 Å². The smallest absolute Gasteiger partial charge is 0.0474 e. The summed E-state index contributed by atoms with van der Waals surface area (Å²) in [4.78, 5) is 0. The first-order valence-electron chi connectivity index (χ1n) is 12.5. The maximum Gasteiger partial charge on any atom is 0.133 e. The van der Waals surface area contributed by atoms with Gasteiger partial charge in [0.15, 0.2) is 0 Å². The van der Waals surface area contributed by atoms with Crippen LogP contribution in [0.4, 0.5) is 0 Å². The standard InChI is InChI=1S/C28H37/c1-18-2-4-25(5-3-18)26(27-12-19-6-20(13-27)8-21(7-19)14-27)28-15-22-9-23(16-28)11-24(10-22)17-28/h2-5,19-24H,6-17H2,1H3/q+1. The lowest BCUT2D eigenvalue weighted by atomic mass is 9.37. The predicted molar refractivity (Wildman–Crippen MR) is 115 cm³/mol. The van der Waals surface area contributed by atoms with Crippen molar-refractivity contribution in [2.75, 3.05) is 0 Å². The molecule has 0 N–H and O–H groups in total. The molecule has 8 aliphatic carbocycles. The normalized spacial score (nSPS) is 50.3. The summed E-state index contributed by atoms with van der Waals surface area (Å²) in [6, 6.07) is 9.91. The largest absolute Gasteiger partial charge is 0.133 e. The van der Waals surface area contributed by atoms with Crippen LogP contribution in [0.25, 0.3) is 0 Å². The molecule has 1 aromatic rings. The highest BCUT2D eigenvalue weighted by atomic mass is 14.7. The van der Waals surface area contributed by atoms with Gasteiger partial charge in [-0.3, -0.25) is 0 Å². The minimum Gasteiger partial charge on any atom is -0.0474 e. The molecule has 28 heavy (non-hydrogen) atoms. The summed E-state index contributed by atoms with van der Waals surface area (Å²) in [5.74, 6) is 8.36. The first-order chi connectivity index (χ1) is 13.6. The number of benzene rings is 1. The van der Waals surface area contributed by atoms with Crippen LogP contribution in [0, 0.1) is 59.2 Å². The molecule has 0 unspecified atom stereocenters. The van der Waals surface area contributed by atoms with Crippen molar-refractivity contribution in [3.05, 3.63) is 41.3 Å². The number of hydrogen-bond acceptors (Lipinski definition) is 0. The number of rotatable bonds is 3. The van der Waals surface area contributed by atoms with E-state index in [2.05, 4.69) is 31.2 Å². The fraction of sp³-hybridized carbons (Fsp3) is 0.750. The highest BCUT2D eigenvalue weighted by molar-refractivity contribution is 5.43. The predicted octanol–water partition coefficient (Wildman–Crippen LogP) is 7.35. The molecule has 148 valence electrons. The molecule has 0 heteroatoms. The van der Waals surface area contributed by atoms with Crippen LogP contribution in [-0.4, -0.2) is 0 Å². The van der Waals surface area contributed by atoms with E-state index in [0.717, 1.165) is 35.5 Å². The van der Waals surface area contributed by atoms with E-state index >= 15 is 0 Å². The summed E-state index contributed by atoms with van der Waals surface area (Å²) in [7, 11) is 0. The SMILES string of the molecule is Cc1ccc([C+](C23CC4CC(CC(C4)C2)C3)C23CC4CC(CC(C4)C2)C3)cc1. The summed E-state index contributed by atoms with van der Waals surface area (Å²) < 4.78 is 0. The molecular formula is C28H37+. The zero-order chi connectivity index (χ0) is 18.5. The van der Waals surface area contributed by atoms with Gasteiger partial charge in [-0.25, -0.2) is 0 Å². The lowest BCUT2D eigenvalue weighted by Crippen LogP contribution is -2.57. The lowest BCUT2D eigenvalue weighted by molar-refractivity contribution is -0.0988. The fourth-order valence-electron chi connectivity index (χ4n) is 10.7. The maximum absolute atomic E-state index is 2.54. The second-order valence-electron chi connectivity index (χ2n) is 12.6. The zero-order valence-corrected chi connectivity index (χ0v) is 17.8. The molecule has 0 radical (unpaired) electrons. The van der Waals surface area contributed by atoms with Crippen LogP contribution in [0.3, 0.4) is 0 Å². The Hall–Kier alpha value is -0.910. The highest BCUT2D eigenvalue weighted by Gasteiger charge is 2.66. The van der Waals surface area contributed by atoms with E-state index in [1.165, 1.54) is 5.56 Å². The maximum atomic E-state index is 2.54. The third-order valence-corrected chi connectivity index (χ3v) is 10.5. The van der Waals surface area contributed by atoms with Gasteiger partial charge >= 0.3 is 0 Å². The van der Waals surface area contributed by atoms with Crippen LogP contribution < -0.4 is 0 Å². The second kappa shape index (κ2) is 5.61. The molecule has 0 aliphatic heterocycles. The summed E-state index contributed by atoms with van der Waals surface area (Å²) >= 11 is 0. The van der Waals surface area contributed by atoms with Crippen LogP contribution in [0.5, 0.6) is 0 Å². The van der Waals surface area contributed by atoms with Crippen molar-refractivity contribution >= 4 is 0 Å². The van der Waals surface area contributed by atoms with Gasteiger partial charge < -0.3 is 0 Å². The average molecular weight is 374 g/mol. The molecule has 0 amide bonds. The lowest BCUT2D eigenvalue weighted by Gasteiger charge is -2.64. The molecule has 0 atom stereocenters. The van der Waals surface area contributed by atoms with Crippen molar-refractivity contribution < 1.29 is 0 Å². The van der Waals surface area contributed by atoms with E-state index in [1.54, 1.807) is 82.6 Å². The molecule has 0 spiro atoms. The molecule has 8 aliphatic rings. The van der Waals surface area contributed by atoms with Crippen LogP contribution >= 0.6 is 0 Å². The highest BCUT2D eigenvalue weighted by Crippen LogP contribution is 2.73. The van der Waals surface area contributed by atoms with Crippen molar-refractivity contribution in [1.29, 1.82) is 0 Å². The van der Waals surface area contributed by atoms with Crippen LogP contribution in [0.15, 0.2) is 24.3 Å². The Morgan fingerprint density at radius 1 is 0.571 bits per heavy atom. The summed E-state index contributed by atoms with van der Waals surface area (Å²) in [5.41, 5.74) is 4.26. The van der Waals surface area contributed by atoms with Crippen molar-refractivity contribution in [3.8, 4) is 0 Å². The number of aryl methyl sites for hydroxylation is 1. The Morgan fingerprint density at radius 3 is 1.21 bits per heavy atom. The van der Waals surface area contributed by atoms with Gasteiger partial charge in [0.1, 0.15) is 5.56 Å². The van der Waals surface area contributed by atoms with Crippen molar-refractivity contribution in [1.82, 2.24) is 0 Å². The third-order valence-electron chi connectivity index (χ3n) is 10.5. The van der Waals surface area contributed by atoms with E-state index in [0.29, 0.717) is 10.8 Å². The molecule has 8 saturated carbocycles. The van der Waals surface area contributed by atoms with Gasteiger partial charge in [-0.1, -0.05) is 0 Å². The third kappa shape index (κ3) is 2.33. The van der Waals surface area contributed by atoms with Gasteiger partial charge in [0.25, 0.3) is 0 Å². The van der Waals surface area contributed by atoms with E-state index in [1.807, 2.05) is 5.92 Å². The number of hydrogen-bond donors (Lipinski definition) is 0. The monoisotopic (exact) mass is 373 g/mol. The minimum absolute atomic E-state index is 0.579. The van der Waals surface area contributed by atoms with Gasteiger partial charge in [-0.05, 0) is 137 Å². The Kier molecular flexibility index (Phi) is 3.38. The Balaban J connectivity index is 1.37. The molecule has 1 aromatic carbocycles. The minimum atomic E-state index is 0.579. The molecule has 0 heterocycles. The van der Waals surface area contributed by atoms with Gasteiger partial charge in [0.05, 0.1) is 0 Å². The van der Waals surface area contributed by atoms with Crippen molar-refractivity contribution in [3.63, 3.8) is 0 Å². The quantitative estimate of drug-likeness (QED) is 0.486. The molecule has 0 nitrogen and oxygen atoms in total. The molecule has 9 rings (SSSR count). The molecule has 8 fully saturated rings. The van der Waals surface area contributed by atoms with Gasteiger partial charge in [0.2, 0.25) is 0 Å². The summed E-state index contributed by atoms with van der Waals surface area (Å²) in [6.07, 6.45) is 18.7. The molecule has 0 saturated heterocycles. The average Bonchev–Trinajstić information content (AvgIpc) is 2.61. The Labute approximate surface area is 171 Å².